The van der Waals surface area contributed by atoms with Crippen molar-refractivity contribution in [2.24, 2.45) is 0 Å². The second-order valence-corrected chi connectivity index (χ2v) is 9.70. The maximum absolute atomic E-state index is 14.0. The van der Waals surface area contributed by atoms with E-state index in [1.165, 1.54) is 29.8 Å². The fourth-order valence-corrected chi connectivity index (χ4v) is 6.03. The number of halogens is 3. The molecule has 9 heteroatoms. The Morgan fingerprint density at radius 1 is 1.09 bits per heavy atom. The van der Waals surface area contributed by atoms with Crippen molar-refractivity contribution in [2.75, 3.05) is 24.3 Å². The highest BCUT2D eigenvalue weighted by atomic mass is 35.5. The topological polar surface area (TPSA) is 49.9 Å². The molecule has 0 bridgehead atoms. The van der Waals surface area contributed by atoms with Crippen LogP contribution in [0.15, 0.2) is 60.7 Å². The largest absolute Gasteiger partial charge is 0.497 e. The van der Waals surface area contributed by atoms with Crippen molar-refractivity contribution >= 4 is 40.9 Å². The molecule has 1 saturated heterocycles. The van der Waals surface area contributed by atoms with Crippen LogP contribution in [0.1, 0.15) is 21.5 Å². The standard InChI is InChI=1S/C25H19ClF2N2O3S/c1-33-18-7-9-22-19(13-18)25(24(32)29(22)14-15-2-8-20(27)21(28)12-15)30(10-11-34-25)23(31)16-3-5-17(26)6-4-16/h2-9,12-13H,10-11,14H2,1H3. The lowest BCUT2D eigenvalue weighted by Crippen LogP contribution is -2.50. The van der Waals surface area contributed by atoms with E-state index in [0.29, 0.717) is 45.4 Å². The molecule has 0 saturated carbocycles. The van der Waals surface area contributed by atoms with Crippen LogP contribution in [-0.2, 0) is 16.2 Å². The first-order valence-electron chi connectivity index (χ1n) is 10.5. The number of hydrogen-bond donors (Lipinski definition) is 0. The summed E-state index contributed by atoms with van der Waals surface area (Å²) in [6.07, 6.45) is 0. The average Bonchev–Trinajstić information content (AvgIpc) is 3.38. The molecule has 1 atom stereocenters. The number of fused-ring (bicyclic) bond motifs is 2. The van der Waals surface area contributed by atoms with Crippen LogP contribution in [0.2, 0.25) is 5.02 Å². The summed E-state index contributed by atoms with van der Waals surface area (Å²) in [5, 5.41) is 0.506. The van der Waals surface area contributed by atoms with Gasteiger partial charge in [0.2, 0.25) is 0 Å². The van der Waals surface area contributed by atoms with Crippen LogP contribution in [-0.4, -0.2) is 36.1 Å². The monoisotopic (exact) mass is 500 g/mol. The van der Waals surface area contributed by atoms with Crippen LogP contribution in [0.5, 0.6) is 5.75 Å². The number of benzene rings is 3. The summed E-state index contributed by atoms with van der Waals surface area (Å²) >= 11 is 7.36. The van der Waals surface area contributed by atoms with Crippen molar-refractivity contribution in [2.45, 2.75) is 11.4 Å². The van der Waals surface area contributed by atoms with Gasteiger partial charge in [-0.15, -0.1) is 11.8 Å². The minimum absolute atomic E-state index is 0.0284. The molecular weight excluding hydrogens is 482 g/mol. The van der Waals surface area contributed by atoms with Gasteiger partial charge in [0.15, 0.2) is 16.5 Å². The van der Waals surface area contributed by atoms with Crippen molar-refractivity contribution in [1.29, 1.82) is 0 Å². The Hall–Kier alpha value is -3.10. The molecule has 5 nitrogen and oxygen atoms in total. The van der Waals surface area contributed by atoms with Crippen molar-refractivity contribution in [3.05, 3.63) is 94.0 Å². The minimum atomic E-state index is -1.29. The second-order valence-electron chi connectivity index (χ2n) is 7.98. The molecule has 2 amide bonds. The summed E-state index contributed by atoms with van der Waals surface area (Å²) in [6, 6.07) is 15.3. The van der Waals surface area contributed by atoms with E-state index in [-0.39, 0.29) is 18.4 Å². The Morgan fingerprint density at radius 3 is 2.56 bits per heavy atom. The zero-order valence-corrected chi connectivity index (χ0v) is 19.6. The van der Waals surface area contributed by atoms with Crippen molar-refractivity contribution in [3.63, 3.8) is 0 Å². The number of ether oxygens (including phenoxy) is 1. The lowest BCUT2D eigenvalue weighted by molar-refractivity contribution is -0.123. The number of rotatable bonds is 4. The van der Waals surface area contributed by atoms with Crippen LogP contribution in [0.25, 0.3) is 0 Å². The van der Waals surface area contributed by atoms with Gasteiger partial charge >= 0.3 is 0 Å². The molecule has 0 radical (unpaired) electrons. The molecule has 3 aromatic carbocycles. The van der Waals surface area contributed by atoms with Crippen LogP contribution in [0, 0.1) is 11.6 Å². The van der Waals surface area contributed by atoms with Crippen LogP contribution < -0.4 is 9.64 Å². The summed E-state index contributed by atoms with van der Waals surface area (Å²) in [7, 11) is 1.53. The van der Waals surface area contributed by atoms with E-state index in [1.807, 2.05) is 0 Å². The minimum Gasteiger partial charge on any atom is -0.497 e. The molecule has 3 aromatic rings. The molecule has 2 aliphatic rings. The van der Waals surface area contributed by atoms with E-state index in [2.05, 4.69) is 0 Å². The fraction of sp³-hybridized carbons (Fsp3) is 0.200. The average molecular weight is 501 g/mol. The van der Waals surface area contributed by atoms with Gasteiger partial charge in [0, 0.05) is 28.4 Å². The summed E-state index contributed by atoms with van der Waals surface area (Å²) in [4.78, 5) is 29.4. The second kappa shape index (κ2) is 8.60. The third kappa shape index (κ3) is 3.52. The number of amides is 2. The molecule has 2 aliphatic heterocycles. The number of anilines is 1. The molecular formula is C25H19ClF2N2O3S. The van der Waals surface area contributed by atoms with Crippen LogP contribution in [0.3, 0.4) is 0 Å². The Kier molecular flexibility index (Phi) is 5.73. The smallest absolute Gasteiger partial charge is 0.268 e. The highest BCUT2D eigenvalue weighted by Crippen LogP contribution is 2.55. The van der Waals surface area contributed by atoms with Gasteiger partial charge in [0.25, 0.3) is 11.8 Å². The van der Waals surface area contributed by atoms with Gasteiger partial charge < -0.3 is 14.5 Å². The molecule has 0 aliphatic carbocycles. The van der Waals surface area contributed by atoms with E-state index >= 15 is 0 Å². The van der Waals surface area contributed by atoms with Crippen molar-refractivity contribution in [3.8, 4) is 5.75 Å². The van der Waals surface area contributed by atoms with Gasteiger partial charge in [-0.05, 0) is 60.2 Å². The van der Waals surface area contributed by atoms with E-state index in [4.69, 9.17) is 16.3 Å². The molecule has 174 valence electrons. The van der Waals surface area contributed by atoms with Crippen LogP contribution >= 0.6 is 23.4 Å². The Bertz CT molecular complexity index is 1300. The first-order chi connectivity index (χ1) is 16.3. The van der Waals surface area contributed by atoms with Gasteiger partial charge in [-0.2, -0.15) is 0 Å². The molecule has 0 N–H and O–H groups in total. The number of nitrogens with zero attached hydrogens (tertiary/aromatic N) is 2. The third-order valence-electron chi connectivity index (χ3n) is 6.06. The first-order valence-corrected chi connectivity index (χ1v) is 11.9. The lowest BCUT2D eigenvalue weighted by atomic mass is 10.0. The maximum atomic E-state index is 14.0. The Balaban J connectivity index is 1.60. The van der Waals surface area contributed by atoms with Gasteiger partial charge in [0.05, 0.1) is 19.3 Å². The zero-order valence-electron chi connectivity index (χ0n) is 18.1. The number of methoxy groups -OCH3 is 1. The maximum Gasteiger partial charge on any atom is 0.268 e. The number of thioether (sulfide) groups is 1. The van der Waals surface area contributed by atoms with Crippen molar-refractivity contribution < 1.29 is 23.1 Å². The van der Waals surface area contributed by atoms with E-state index in [0.717, 1.165) is 12.1 Å². The van der Waals surface area contributed by atoms with E-state index < -0.39 is 16.5 Å². The van der Waals surface area contributed by atoms with Gasteiger partial charge in [0.1, 0.15) is 5.75 Å². The summed E-state index contributed by atoms with van der Waals surface area (Å²) in [5.74, 6) is -1.44. The molecule has 2 heterocycles. The molecule has 1 fully saturated rings. The quantitative estimate of drug-likeness (QED) is 0.493. The molecule has 0 aromatic heterocycles. The third-order valence-corrected chi connectivity index (χ3v) is 7.73. The molecule has 1 spiro atoms. The lowest BCUT2D eigenvalue weighted by Gasteiger charge is -2.33. The van der Waals surface area contributed by atoms with Crippen molar-refractivity contribution in [1.82, 2.24) is 4.90 Å². The molecule has 1 unspecified atom stereocenters. The highest BCUT2D eigenvalue weighted by Gasteiger charge is 2.59. The predicted octanol–water partition coefficient (Wildman–Crippen LogP) is 5.22. The number of carbonyl (C=O) groups excluding carboxylic acids is 2. The number of carbonyl (C=O) groups is 2. The summed E-state index contributed by atoms with van der Waals surface area (Å²) in [5.41, 5.74) is 2.08. The normalized spacial score (nSPS) is 19.1. The Morgan fingerprint density at radius 2 is 1.85 bits per heavy atom. The van der Waals surface area contributed by atoms with Gasteiger partial charge in [-0.3, -0.25) is 9.59 Å². The summed E-state index contributed by atoms with van der Waals surface area (Å²) in [6.45, 7) is 0.397. The molecule has 34 heavy (non-hydrogen) atoms. The Labute approximate surface area is 204 Å². The van der Waals surface area contributed by atoms with Gasteiger partial charge in [-0.25, -0.2) is 8.78 Å². The first kappa shape index (κ1) is 22.7. The van der Waals surface area contributed by atoms with Gasteiger partial charge in [-0.1, -0.05) is 17.7 Å². The number of hydrogen-bond acceptors (Lipinski definition) is 4. The summed E-state index contributed by atoms with van der Waals surface area (Å²) < 4.78 is 32.7. The SMILES string of the molecule is COc1ccc2c(c1)C1(SCCN1C(=O)c1ccc(Cl)cc1)C(=O)N2Cc1ccc(F)c(F)c1. The van der Waals surface area contributed by atoms with Crippen LogP contribution in [0.4, 0.5) is 14.5 Å². The fourth-order valence-electron chi connectivity index (χ4n) is 4.45. The molecule has 5 rings (SSSR count). The highest BCUT2D eigenvalue weighted by molar-refractivity contribution is 8.01. The van der Waals surface area contributed by atoms with E-state index in [1.54, 1.807) is 47.4 Å². The zero-order chi connectivity index (χ0) is 24.0. The predicted molar refractivity (Wildman–Crippen MR) is 127 cm³/mol. The van der Waals surface area contributed by atoms with E-state index in [9.17, 15) is 18.4 Å².